The van der Waals surface area contributed by atoms with Crippen molar-refractivity contribution in [1.29, 1.82) is 0 Å². The maximum Gasteiger partial charge on any atom is 0.145 e. The van der Waals surface area contributed by atoms with Crippen molar-refractivity contribution in [2.24, 2.45) is 17.8 Å². The Hall–Kier alpha value is -7.03. The van der Waals surface area contributed by atoms with Gasteiger partial charge in [-0.3, -0.25) is 4.57 Å². The summed E-state index contributed by atoms with van der Waals surface area (Å²) in [6.07, 6.45) is 24.0. The summed E-state index contributed by atoms with van der Waals surface area (Å²) in [7, 11) is 0. The van der Waals surface area contributed by atoms with Gasteiger partial charge < -0.3 is 0 Å². The number of benzene rings is 7. The van der Waals surface area contributed by atoms with E-state index >= 15 is 0 Å². The van der Waals surface area contributed by atoms with Crippen LogP contribution in [0.25, 0.3) is 66.4 Å². The number of imidazole rings is 1. The first-order valence-electron chi connectivity index (χ1n) is 22.5. The summed E-state index contributed by atoms with van der Waals surface area (Å²) in [5, 5.41) is 5.42. The summed E-state index contributed by atoms with van der Waals surface area (Å²) in [5.41, 5.74) is 16.9. The highest BCUT2D eigenvalue weighted by atomic mass is 15.1. The summed E-state index contributed by atoms with van der Waals surface area (Å²) in [4.78, 5) is 5.18. The van der Waals surface area contributed by atoms with Crippen LogP contribution in [0.3, 0.4) is 0 Å². The van der Waals surface area contributed by atoms with Gasteiger partial charge in [-0.05, 0) is 141 Å². The van der Waals surface area contributed by atoms with E-state index < -0.39 is 0 Å². The van der Waals surface area contributed by atoms with E-state index in [1.165, 1.54) is 78.1 Å². The lowest BCUT2D eigenvalue weighted by Gasteiger charge is -2.45. The SMILES string of the molecule is Cc1ccc(-c2c3ccccc3c(C3C=C(C4C5CC=CC=C5C(c5ccc(-c6nc7ccccc7n6-c6ccccc6)cc5)=C5C=CCCC54)C=CC3)c3ccccc23)cc1. The standard InChI is InChI=1S/C60H48N2/c1-39-30-32-40(33-31-39)56-46-20-5-9-24-50(46)58(51-25-10-6-21-47(51)56)43-16-15-17-44(38-43)59-52-26-11-7-22-48(52)57(49-23-8-12-27-53(49)59)41-34-36-42(37-35-41)60-61-54-28-13-14-29-55(54)62(60)45-18-3-2-4-19-45/h2-11,13-15,17-25,28-38,43,52-53,59H,12,16,26-27H2,1H3. The van der Waals surface area contributed by atoms with E-state index in [2.05, 4.69) is 212 Å². The molecule has 0 bridgehead atoms. The van der Waals surface area contributed by atoms with Gasteiger partial charge in [0.25, 0.3) is 0 Å². The largest absolute Gasteiger partial charge is 0.292 e. The van der Waals surface area contributed by atoms with Crippen molar-refractivity contribution in [2.75, 3.05) is 0 Å². The first-order valence-corrected chi connectivity index (χ1v) is 22.5. The van der Waals surface area contributed by atoms with Crippen molar-refractivity contribution in [2.45, 2.75) is 38.5 Å². The fourth-order valence-electron chi connectivity index (χ4n) is 11.5. The van der Waals surface area contributed by atoms with E-state index in [9.17, 15) is 0 Å². The fourth-order valence-corrected chi connectivity index (χ4v) is 11.5. The lowest BCUT2D eigenvalue weighted by atomic mass is 9.58. The minimum atomic E-state index is 0.282. The Balaban J connectivity index is 0.962. The molecule has 2 heteroatoms. The molecule has 7 aromatic carbocycles. The molecule has 0 aliphatic heterocycles. The van der Waals surface area contributed by atoms with Crippen molar-refractivity contribution in [1.82, 2.24) is 9.55 Å². The molecule has 12 rings (SSSR count). The second kappa shape index (κ2) is 15.2. The summed E-state index contributed by atoms with van der Waals surface area (Å²) in [6.45, 7) is 2.17. The molecular formula is C60H48N2. The third-order valence-corrected chi connectivity index (χ3v) is 14.2. The molecular weight excluding hydrogens is 749 g/mol. The van der Waals surface area contributed by atoms with E-state index in [1.54, 1.807) is 0 Å². The monoisotopic (exact) mass is 796 g/mol. The third-order valence-electron chi connectivity index (χ3n) is 14.2. The Morgan fingerprint density at radius 2 is 1.26 bits per heavy atom. The first kappa shape index (κ1) is 36.8. The van der Waals surface area contributed by atoms with Crippen LogP contribution in [0.4, 0.5) is 0 Å². The van der Waals surface area contributed by atoms with Gasteiger partial charge in [-0.1, -0.05) is 182 Å². The van der Waals surface area contributed by atoms with Gasteiger partial charge in [0.2, 0.25) is 0 Å². The number of nitrogens with zero attached hydrogens (tertiary/aromatic N) is 2. The van der Waals surface area contributed by atoms with E-state index in [0.29, 0.717) is 17.8 Å². The lowest BCUT2D eigenvalue weighted by Crippen LogP contribution is -2.34. The third kappa shape index (κ3) is 6.03. The van der Waals surface area contributed by atoms with E-state index in [1.807, 2.05) is 0 Å². The Morgan fingerprint density at radius 3 is 2.03 bits per heavy atom. The average Bonchev–Trinajstić information content (AvgIpc) is 3.73. The van der Waals surface area contributed by atoms with E-state index in [0.717, 1.165) is 47.4 Å². The first-order chi connectivity index (χ1) is 30.7. The van der Waals surface area contributed by atoms with Crippen LogP contribution in [0.5, 0.6) is 0 Å². The Labute approximate surface area is 364 Å². The highest BCUT2D eigenvalue weighted by Gasteiger charge is 2.43. The summed E-state index contributed by atoms with van der Waals surface area (Å²) >= 11 is 0. The highest BCUT2D eigenvalue weighted by molar-refractivity contribution is 6.15. The van der Waals surface area contributed by atoms with Crippen molar-refractivity contribution in [3.63, 3.8) is 0 Å². The van der Waals surface area contributed by atoms with E-state index in [4.69, 9.17) is 4.98 Å². The molecule has 2 nitrogen and oxygen atoms in total. The van der Waals surface area contributed by atoms with Gasteiger partial charge in [0, 0.05) is 17.2 Å². The predicted octanol–water partition coefficient (Wildman–Crippen LogP) is 15.5. The summed E-state index contributed by atoms with van der Waals surface area (Å²) < 4.78 is 2.30. The molecule has 0 radical (unpaired) electrons. The van der Waals surface area contributed by atoms with Gasteiger partial charge in [-0.15, -0.1) is 0 Å². The zero-order valence-electron chi connectivity index (χ0n) is 35.1. The molecule has 4 aliphatic carbocycles. The van der Waals surface area contributed by atoms with Gasteiger partial charge in [0.1, 0.15) is 5.82 Å². The fraction of sp³-hybridized carbons (Fsp3) is 0.150. The Bertz CT molecular complexity index is 3180. The number of allylic oxidation sites excluding steroid dienone is 12. The van der Waals surface area contributed by atoms with Gasteiger partial charge in [-0.25, -0.2) is 4.98 Å². The van der Waals surface area contributed by atoms with Crippen molar-refractivity contribution in [3.8, 4) is 28.2 Å². The van der Waals surface area contributed by atoms with Crippen molar-refractivity contribution in [3.05, 3.63) is 234 Å². The molecule has 0 fully saturated rings. The highest BCUT2D eigenvalue weighted by Crippen LogP contribution is 2.56. The zero-order valence-corrected chi connectivity index (χ0v) is 35.1. The van der Waals surface area contributed by atoms with Crippen molar-refractivity contribution >= 4 is 38.2 Å². The molecule has 0 saturated carbocycles. The number of rotatable bonds is 6. The van der Waals surface area contributed by atoms with Crippen LogP contribution in [0, 0.1) is 24.7 Å². The number of hydrogen-bond acceptors (Lipinski definition) is 1. The summed E-state index contributed by atoms with van der Waals surface area (Å²) in [5.74, 6) is 2.50. The van der Waals surface area contributed by atoms with Crippen LogP contribution in [-0.4, -0.2) is 9.55 Å². The second-order valence-electron chi connectivity index (χ2n) is 17.7. The predicted molar refractivity (Wildman–Crippen MR) is 260 cm³/mol. The maximum absolute atomic E-state index is 5.18. The minimum Gasteiger partial charge on any atom is -0.292 e. The van der Waals surface area contributed by atoms with Crippen LogP contribution >= 0.6 is 0 Å². The number of fused-ring (bicyclic) bond motifs is 5. The Morgan fingerprint density at radius 1 is 0.581 bits per heavy atom. The smallest absolute Gasteiger partial charge is 0.145 e. The molecule has 4 unspecified atom stereocenters. The lowest BCUT2D eigenvalue weighted by molar-refractivity contribution is 0.312. The topological polar surface area (TPSA) is 17.8 Å². The molecule has 0 N–H and O–H groups in total. The van der Waals surface area contributed by atoms with Crippen LogP contribution in [0.1, 0.15) is 48.3 Å². The molecule has 8 aromatic rings. The average molecular weight is 797 g/mol. The number of para-hydroxylation sites is 3. The molecule has 0 spiro atoms. The zero-order chi connectivity index (χ0) is 41.1. The van der Waals surface area contributed by atoms with Crippen LogP contribution in [0.15, 0.2) is 217 Å². The van der Waals surface area contributed by atoms with Crippen LogP contribution in [0.2, 0.25) is 0 Å². The van der Waals surface area contributed by atoms with Gasteiger partial charge in [0.05, 0.1) is 11.0 Å². The quantitative estimate of drug-likeness (QED) is 0.153. The van der Waals surface area contributed by atoms with Crippen LogP contribution in [-0.2, 0) is 0 Å². The maximum atomic E-state index is 5.18. The molecule has 4 atom stereocenters. The second-order valence-corrected chi connectivity index (χ2v) is 17.7. The molecule has 62 heavy (non-hydrogen) atoms. The van der Waals surface area contributed by atoms with Gasteiger partial charge in [-0.2, -0.15) is 0 Å². The number of aromatic nitrogens is 2. The Kier molecular flexibility index (Phi) is 8.99. The minimum absolute atomic E-state index is 0.282. The molecule has 0 saturated heterocycles. The molecule has 0 amide bonds. The molecule has 1 heterocycles. The number of aryl methyl sites for hydroxylation is 1. The van der Waals surface area contributed by atoms with Gasteiger partial charge >= 0.3 is 0 Å². The molecule has 1 aromatic heterocycles. The van der Waals surface area contributed by atoms with Crippen LogP contribution < -0.4 is 0 Å². The summed E-state index contributed by atoms with van der Waals surface area (Å²) in [6, 6.07) is 55.8. The number of hydrogen-bond donors (Lipinski definition) is 0. The molecule has 4 aliphatic rings. The normalized spacial score (nSPS) is 20.7. The van der Waals surface area contributed by atoms with E-state index in [-0.39, 0.29) is 5.92 Å². The molecule has 298 valence electrons. The van der Waals surface area contributed by atoms with Crippen molar-refractivity contribution < 1.29 is 0 Å². The van der Waals surface area contributed by atoms with Gasteiger partial charge in [0.15, 0.2) is 0 Å².